The van der Waals surface area contributed by atoms with Gasteiger partial charge >= 0.3 is 0 Å². The zero-order valence-corrected chi connectivity index (χ0v) is 7.48. The molecule has 3 rings (SSSR count). The summed E-state index contributed by atoms with van der Waals surface area (Å²) in [5, 5.41) is 0. The van der Waals surface area contributed by atoms with Crippen LogP contribution in [0.1, 0.15) is 33.1 Å². The van der Waals surface area contributed by atoms with Crippen molar-refractivity contribution in [2.24, 2.45) is 22.5 Å². The van der Waals surface area contributed by atoms with Crippen molar-refractivity contribution in [2.75, 3.05) is 0 Å². The minimum absolute atomic E-state index is 0.546. The van der Waals surface area contributed by atoms with E-state index in [0.29, 0.717) is 16.7 Å². The van der Waals surface area contributed by atoms with Gasteiger partial charge < -0.3 is 5.73 Å². The van der Waals surface area contributed by atoms with Crippen molar-refractivity contribution in [1.29, 1.82) is 0 Å². The minimum atomic E-state index is 0.546. The molecule has 1 atom stereocenters. The minimum Gasteiger partial charge on any atom is -0.402 e. The molecule has 2 N–H and O–H groups in total. The van der Waals surface area contributed by atoms with Gasteiger partial charge in [0, 0.05) is 11.6 Å². The molecule has 0 saturated heterocycles. The Labute approximate surface area is 68.7 Å². The van der Waals surface area contributed by atoms with E-state index in [2.05, 4.69) is 20.4 Å². The Morgan fingerprint density at radius 1 is 1.45 bits per heavy atom. The van der Waals surface area contributed by atoms with Gasteiger partial charge in [-0.3, -0.25) is 0 Å². The lowest BCUT2D eigenvalue weighted by Gasteiger charge is -2.72. The van der Waals surface area contributed by atoms with Crippen LogP contribution in [0.15, 0.2) is 12.3 Å². The van der Waals surface area contributed by atoms with Crippen LogP contribution in [0, 0.1) is 16.7 Å². The van der Waals surface area contributed by atoms with Crippen molar-refractivity contribution in [3.63, 3.8) is 0 Å². The van der Waals surface area contributed by atoms with Gasteiger partial charge in [-0.15, -0.1) is 0 Å². The van der Waals surface area contributed by atoms with Crippen LogP contribution in [0.2, 0.25) is 0 Å². The van der Waals surface area contributed by atoms with Crippen LogP contribution in [0.5, 0.6) is 0 Å². The summed E-state index contributed by atoms with van der Waals surface area (Å²) >= 11 is 0. The van der Waals surface area contributed by atoms with Crippen molar-refractivity contribution in [3.8, 4) is 0 Å². The van der Waals surface area contributed by atoms with E-state index < -0.39 is 0 Å². The molecule has 1 nitrogen and oxygen atoms in total. The van der Waals surface area contributed by atoms with Gasteiger partial charge in [0.25, 0.3) is 0 Å². The average Bonchev–Trinajstić information content (AvgIpc) is 1.77. The van der Waals surface area contributed by atoms with Gasteiger partial charge in [0.05, 0.1) is 0 Å². The molecule has 2 bridgehead atoms. The summed E-state index contributed by atoms with van der Waals surface area (Å²) in [5.41, 5.74) is 7.87. The maximum absolute atomic E-state index is 5.70. The quantitative estimate of drug-likeness (QED) is 0.643. The van der Waals surface area contributed by atoms with Gasteiger partial charge in [0.2, 0.25) is 0 Å². The third-order valence-electron chi connectivity index (χ3n) is 3.81. The van der Waals surface area contributed by atoms with E-state index in [-0.39, 0.29) is 0 Å². The van der Waals surface area contributed by atoms with Gasteiger partial charge in [0.15, 0.2) is 0 Å². The molecule has 0 radical (unpaired) electrons. The summed E-state index contributed by atoms with van der Waals surface area (Å²) in [6.07, 6.45) is 4.16. The lowest BCUT2D eigenvalue weighted by Crippen LogP contribution is -2.63. The van der Waals surface area contributed by atoms with Gasteiger partial charge in [0.1, 0.15) is 0 Å². The second kappa shape index (κ2) is 1.65. The zero-order valence-electron chi connectivity index (χ0n) is 7.48. The number of hydrogen-bond acceptors (Lipinski definition) is 1. The second-order valence-electron chi connectivity index (χ2n) is 5.00. The van der Waals surface area contributed by atoms with Gasteiger partial charge in [-0.25, -0.2) is 0 Å². The van der Waals surface area contributed by atoms with Crippen molar-refractivity contribution < 1.29 is 0 Å². The highest BCUT2D eigenvalue weighted by molar-refractivity contribution is 5.21. The summed E-state index contributed by atoms with van der Waals surface area (Å²) < 4.78 is 0. The Morgan fingerprint density at radius 2 is 1.91 bits per heavy atom. The van der Waals surface area contributed by atoms with E-state index >= 15 is 0 Å². The highest BCUT2D eigenvalue weighted by Crippen LogP contribution is 2.76. The summed E-state index contributed by atoms with van der Waals surface area (Å²) in [7, 11) is 0. The van der Waals surface area contributed by atoms with Crippen LogP contribution in [0.25, 0.3) is 0 Å². The van der Waals surface area contributed by atoms with Crippen molar-refractivity contribution in [3.05, 3.63) is 12.3 Å². The number of nitrogens with two attached hydrogens (primary N) is 1. The Bertz CT molecular complexity index is 197. The molecule has 3 fully saturated rings. The third-order valence-corrected chi connectivity index (χ3v) is 3.81. The van der Waals surface area contributed by atoms with Crippen molar-refractivity contribution >= 4 is 0 Å². The monoisotopic (exact) mass is 151 g/mol. The van der Waals surface area contributed by atoms with Crippen LogP contribution in [-0.4, -0.2) is 0 Å². The first-order valence-electron chi connectivity index (χ1n) is 4.42. The lowest BCUT2D eigenvalue weighted by atomic mass is 9.33. The highest BCUT2D eigenvalue weighted by Gasteiger charge is 2.66. The van der Waals surface area contributed by atoms with E-state index in [4.69, 9.17) is 5.73 Å². The molecule has 3 aliphatic carbocycles. The molecule has 11 heavy (non-hydrogen) atoms. The Morgan fingerprint density at radius 3 is 2.18 bits per heavy atom. The fourth-order valence-electron chi connectivity index (χ4n) is 3.25. The largest absolute Gasteiger partial charge is 0.402 e. The van der Waals surface area contributed by atoms with E-state index in [1.54, 1.807) is 0 Å². The second-order valence-corrected chi connectivity index (χ2v) is 5.00. The summed E-state index contributed by atoms with van der Waals surface area (Å²) in [5.74, 6) is 0.546. The lowest BCUT2D eigenvalue weighted by molar-refractivity contribution is -0.213. The molecule has 0 heterocycles. The zero-order chi connectivity index (χ0) is 8.28. The molecule has 0 amide bonds. The number of allylic oxidation sites excluding steroid dienone is 1. The predicted octanol–water partition coefficient (Wildman–Crippen LogP) is 2.29. The molecule has 1 heteroatoms. The summed E-state index contributed by atoms with van der Waals surface area (Å²) in [4.78, 5) is 0. The molecule has 0 aliphatic heterocycles. The van der Waals surface area contributed by atoms with Crippen molar-refractivity contribution in [1.82, 2.24) is 0 Å². The molecule has 0 aromatic carbocycles. The number of rotatable bonds is 2. The van der Waals surface area contributed by atoms with E-state index in [9.17, 15) is 0 Å². The highest BCUT2D eigenvalue weighted by atomic mass is 14.7. The number of hydrogen-bond donors (Lipinski definition) is 1. The predicted molar refractivity (Wildman–Crippen MR) is 46.9 cm³/mol. The molecule has 1 unspecified atom stereocenters. The first-order valence-corrected chi connectivity index (χ1v) is 4.42. The van der Waals surface area contributed by atoms with Gasteiger partial charge in [-0.2, -0.15) is 0 Å². The standard InChI is InChI=1S/C10H17N/c1-7(8(2)11)10-4-9(3,5-10)6-10/h7H,2,4-6,11H2,1,3H3. The van der Waals surface area contributed by atoms with E-state index in [1.807, 2.05) is 0 Å². The van der Waals surface area contributed by atoms with E-state index in [1.165, 1.54) is 19.3 Å². The topological polar surface area (TPSA) is 26.0 Å². The van der Waals surface area contributed by atoms with Gasteiger partial charge in [-0.05, 0) is 30.1 Å². The molecule has 3 saturated carbocycles. The molecule has 62 valence electrons. The van der Waals surface area contributed by atoms with Crippen LogP contribution >= 0.6 is 0 Å². The molecular formula is C10H17N. The molecule has 0 aromatic rings. The fourth-order valence-corrected chi connectivity index (χ4v) is 3.25. The van der Waals surface area contributed by atoms with Crippen molar-refractivity contribution in [2.45, 2.75) is 33.1 Å². The average molecular weight is 151 g/mol. The Hall–Kier alpha value is -0.460. The smallest absolute Gasteiger partial charge is 0.00418 e. The molecule has 3 aliphatic rings. The third kappa shape index (κ3) is 0.715. The van der Waals surface area contributed by atoms with Crippen LogP contribution in [0.3, 0.4) is 0 Å². The summed E-state index contributed by atoms with van der Waals surface area (Å²) in [6.45, 7) is 8.43. The maximum Gasteiger partial charge on any atom is 0.00418 e. The maximum atomic E-state index is 5.70. The first-order chi connectivity index (χ1) is 4.98. The van der Waals surface area contributed by atoms with Crippen LogP contribution < -0.4 is 5.73 Å². The molecule has 0 aromatic heterocycles. The summed E-state index contributed by atoms with van der Waals surface area (Å²) in [6, 6.07) is 0. The fraction of sp³-hybridized carbons (Fsp3) is 0.800. The van der Waals surface area contributed by atoms with Crippen LogP contribution in [0.4, 0.5) is 0 Å². The SMILES string of the molecule is C=C(N)C(C)C12CC(C)(C1)C2. The Kier molecular flexibility index (Phi) is 1.08. The first kappa shape index (κ1) is 7.20. The molecular weight excluding hydrogens is 134 g/mol. The normalized spacial score (nSPS) is 48.9. The Balaban J connectivity index is 2.04. The van der Waals surface area contributed by atoms with Crippen LogP contribution in [-0.2, 0) is 0 Å². The van der Waals surface area contributed by atoms with Gasteiger partial charge in [-0.1, -0.05) is 20.4 Å². The van der Waals surface area contributed by atoms with E-state index in [0.717, 1.165) is 5.70 Å². The molecule has 0 spiro atoms.